The molecule has 2 rings (SSSR count). The number of hydrogen-bond acceptors (Lipinski definition) is 14. The first-order valence-corrected chi connectivity index (χ1v) is 22.5. The molecule has 0 saturated carbocycles. The zero-order valence-electron chi connectivity index (χ0n) is 39.3. The molecule has 0 bridgehead atoms. The lowest BCUT2D eigenvalue weighted by atomic mass is 10.1. The summed E-state index contributed by atoms with van der Waals surface area (Å²) in [7, 11) is 0. The molecule has 25 nitrogen and oxygen atoms in total. The molecule has 2 aliphatic heterocycles. The molecule has 16 N–H and O–H groups in total. The Morgan fingerprint density at radius 1 is 0.652 bits per heavy atom. The lowest BCUT2D eigenvalue weighted by molar-refractivity contribution is -0.141. The number of carbonyl (C=O) groups excluding carboxylic acids is 10. The number of carbonyl (C=O) groups is 11. The molecule has 66 heavy (non-hydrogen) atoms. The Morgan fingerprint density at radius 3 is 1.67 bits per heavy atom. The number of primary amides is 1. The summed E-state index contributed by atoms with van der Waals surface area (Å²) < 4.78 is 0. The van der Waals surface area contributed by atoms with E-state index in [1.54, 1.807) is 0 Å². The summed E-state index contributed by atoms with van der Waals surface area (Å²) in [6.07, 6.45) is 7.84. The molecule has 0 spiro atoms. The fraction of sp³-hybridized carbons (Fsp3) is 0.732. The Bertz CT molecular complexity index is 1540. The van der Waals surface area contributed by atoms with Gasteiger partial charge in [-0.1, -0.05) is 47.0 Å². The van der Waals surface area contributed by atoms with Crippen molar-refractivity contribution in [1.82, 2.24) is 52.8 Å². The summed E-state index contributed by atoms with van der Waals surface area (Å²) in [5.41, 5.74) is 15.4. The first-order chi connectivity index (χ1) is 31.3. The molecule has 0 aliphatic carbocycles. The molecule has 0 aromatic carbocycles. The maximum absolute atomic E-state index is 12.6. The highest BCUT2D eigenvalue weighted by atomic mass is 16.4. The van der Waals surface area contributed by atoms with Gasteiger partial charge in [-0.25, -0.2) is 0 Å². The Hall–Kier alpha value is -5.95. The number of carboxylic acid groups (broad SMARTS) is 1. The van der Waals surface area contributed by atoms with E-state index < -0.39 is 123 Å². The van der Waals surface area contributed by atoms with Crippen molar-refractivity contribution in [2.75, 3.05) is 65.4 Å². The molecule has 0 radical (unpaired) electrons. The minimum Gasteiger partial charge on any atom is -0.480 e. The van der Waals surface area contributed by atoms with Gasteiger partial charge in [0, 0.05) is 13.0 Å². The van der Waals surface area contributed by atoms with Crippen LogP contribution in [0.15, 0.2) is 0 Å². The number of rotatable bonds is 25. The van der Waals surface area contributed by atoms with Crippen LogP contribution in [-0.2, 0) is 52.7 Å². The fourth-order valence-corrected chi connectivity index (χ4v) is 5.58. The van der Waals surface area contributed by atoms with Crippen molar-refractivity contribution >= 4 is 65.0 Å². The zero-order chi connectivity index (χ0) is 50.5. The van der Waals surface area contributed by atoms with Crippen LogP contribution in [-0.4, -0.2) is 165 Å². The van der Waals surface area contributed by atoms with E-state index in [9.17, 15) is 52.7 Å². The molecule has 4 atom stereocenters. The number of aliphatic carboxylic acids is 1. The SMILES string of the molecule is CC(NC(=O)CNC(=O)CNC(=O)CNC(=O)C(CCC(N)=O)NC(=O)CNC(=O)C1CCCN1)C(=O)NCC(=O)N1CCCC1C(=O)NCC(=O)O.CCC.CCCCN.CCCCN. The van der Waals surface area contributed by atoms with Gasteiger partial charge in [0.15, 0.2) is 0 Å². The van der Waals surface area contributed by atoms with Gasteiger partial charge in [0.25, 0.3) is 0 Å². The van der Waals surface area contributed by atoms with Gasteiger partial charge in [0.2, 0.25) is 59.1 Å². The van der Waals surface area contributed by atoms with Gasteiger partial charge in [0.05, 0.1) is 38.8 Å². The molecule has 2 saturated heterocycles. The van der Waals surface area contributed by atoms with Crippen molar-refractivity contribution in [3.8, 4) is 0 Å². The maximum atomic E-state index is 12.6. The van der Waals surface area contributed by atoms with Gasteiger partial charge in [-0.15, -0.1) is 0 Å². The van der Waals surface area contributed by atoms with Gasteiger partial charge in [-0.2, -0.15) is 0 Å². The third-order valence-corrected chi connectivity index (χ3v) is 9.04. The average Bonchev–Trinajstić information content (AvgIpc) is 4.01. The van der Waals surface area contributed by atoms with Gasteiger partial charge in [-0.05, 0) is 71.5 Å². The maximum Gasteiger partial charge on any atom is 0.322 e. The molecule has 2 heterocycles. The van der Waals surface area contributed by atoms with E-state index in [0.29, 0.717) is 25.8 Å². The molecular formula is C41H77N13O12. The van der Waals surface area contributed by atoms with Crippen LogP contribution in [0, 0.1) is 0 Å². The quantitative estimate of drug-likeness (QED) is 0.0412. The first-order valence-electron chi connectivity index (χ1n) is 22.5. The van der Waals surface area contributed by atoms with Crippen LogP contribution in [0.1, 0.15) is 105 Å². The summed E-state index contributed by atoms with van der Waals surface area (Å²) >= 11 is 0. The summed E-state index contributed by atoms with van der Waals surface area (Å²) in [4.78, 5) is 134. The molecule has 10 amide bonds. The second-order valence-corrected chi connectivity index (χ2v) is 15.1. The van der Waals surface area contributed by atoms with Crippen LogP contribution in [0.4, 0.5) is 0 Å². The van der Waals surface area contributed by atoms with Crippen LogP contribution in [0.3, 0.4) is 0 Å². The van der Waals surface area contributed by atoms with Gasteiger partial charge in [0.1, 0.15) is 24.7 Å². The highest BCUT2D eigenvalue weighted by Crippen LogP contribution is 2.17. The number of unbranched alkanes of at least 4 members (excludes halogenated alkanes) is 2. The molecule has 2 fully saturated rings. The standard InChI is InChI=1S/C30H47N11O12.2C4H11N.C3H8/c1-16(27(50)37-14-25(47)41-9-3-5-19(41)30(53)38-15-26(48)49)39-23(45)12-34-21(43)10-33-22(44)11-35-29(52)18(6-7-20(31)42)40-24(46)13-36-28(51)17-4-2-8-32-17;2*1-2-3-4-5;1-3-2/h16-19,32H,2-15H2,1H3,(H2,31,42)(H,33,44)(H,34,43)(H,35,52)(H,36,51)(H,37,50)(H,38,53)(H,39,45)(H,40,46)(H,48,49);2*2-5H2,1H3;3H2,1-2H3. The topological polar surface area (TPSA) is 398 Å². The van der Waals surface area contributed by atoms with Crippen molar-refractivity contribution in [2.24, 2.45) is 17.2 Å². The van der Waals surface area contributed by atoms with Crippen LogP contribution >= 0.6 is 0 Å². The molecule has 2 aliphatic rings. The lowest BCUT2D eigenvalue weighted by Gasteiger charge is -2.24. The number of hydrogen-bond donors (Lipinski definition) is 13. The van der Waals surface area contributed by atoms with Crippen molar-refractivity contribution in [3.63, 3.8) is 0 Å². The Labute approximate surface area is 387 Å². The van der Waals surface area contributed by atoms with Crippen molar-refractivity contribution in [1.29, 1.82) is 0 Å². The van der Waals surface area contributed by atoms with Gasteiger partial charge < -0.3 is 75.1 Å². The van der Waals surface area contributed by atoms with E-state index in [1.807, 2.05) is 0 Å². The number of nitrogens with two attached hydrogens (primary N) is 3. The molecule has 25 heteroatoms. The second kappa shape index (κ2) is 38.3. The predicted molar refractivity (Wildman–Crippen MR) is 243 cm³/mol. The van der Waals surface area contributed by atoms with Crippen LogP contribution < -0.4 is 65.1 Å². The van der Waals surface area contributed by atoms with Crippen molar-refractivity contribution in [3.05, 3.63) is 0 Å². The number of likely N-dealkylation sites (tertiary alicyclic amines) is 1. The summed E-state index contributed by atoms with van der Waals surface area (Å²) in [6, 6.07) is -3.69. The Morgan fingerprint density at radius 2 is 1.17 bits per heavy atom. The fourth-order valence-electron chi connectivity index (χ4n) is 5.58. The third-order valence-electron chi connectivity index (χ3n) is 9.04. The van der Waals surface area contributed by atoms with Crippen molar-refractivity contribution in [2.45, 2.75) is 129 Å². The molecule has 0 aromatic heterocycles. The number of nitrogens with zero attached hydrogens (tertiary/aromatic N) is 1. The monoisotopic (exact) mass is 944 g/mol. The smallest absolute Gasteiger partial charge is 0.322 e. The number of amides is 10. The molecule has 0 aromatic rings. The average molecular weight is 944 g/mol. The van der Waals surface area contributed by atoms with E-state index in [2.05, 4.69) is 75.5 Å². The number of carboxylic acids is 1. The third kappa shape index (κ3) is 31.0. The molecule has 378 valence electrons. The summed E-state index contributed by atoms with van der Waals surface area (Å²) in [5.74, 6) is -8.23. The van der Waals surface area contributed by atoms with E-state index in [1.165, 1.54) is 43.9 Å². The summed E-state index contributed by atoms with van der Waals surface area (Å²) in [5, 5.41) is 30.1. The van der Waals surface area contributed by atoms with Gasteiger partial charge in [-0.3, -0.25) is 52.7 Å². The van der Waals surface area contributed by atoms with E-state index >= 15 is 0 Å². The largest absolute Gasteiger partial charge is 0.480 e. The van der Waals surface area contributed by atoms with E-state index in [-0.39, 0.29) is 25.3 Å². The minimum absolute atomic E-state index is 0.188. The first kappa shape index (κ1) is 62.1. The highest BCUT2D eigenvalue weighted by molar-refractivity contribution is 5.95. The predicted octanol–water partition coefficient (Wildman–Crippen LogP) is -4.33. The lowest BCUT2D eigenvalue weighted by Crippen LogP contribution is -2.53. The second-order valence-electron chi connectivity index (χ2n) is 15.1. The normalized spacial score (nSPS) is 15.4. The van der Waals surface area contributed by atoms with Crippen LogP contribution in [0.2, 0.25) is 0 Å². The zero-order valence-corrected chi connectivity index (χ0v) is 39.3. The van der Waals surface area contributed by atoms with Crippen LogP contribution in [0.5, 0.6) is 0 Å². The Kier molecular flexibility index (Phi) is 36.1. The Balaban J connectivity index is 0. The van der Waals surface area contributed by atoms with Gasteiger partial charge >= 0.3 is 5.97 Å². The van der Waals surface area contributed by atoms with Crippen molar-refractivity contribution < 1.29 is 57.8 Å². The van der Waals surface area contributed by atoms with Crippen LogP contribution in [0.25, 0.3) is 0 Å². The molecule has 4 unspecified atom stereocenters. The molecular weight excluding hydrogens is 867 g/mol. The summed E-state index contributed by atoms with van der Waals surface area (Å²) in [6.45, 7) is 9.12. The van der Waals surface area contributed by atoms with E-state index in [0.717, 1.165) is 19.5 Å². The minimum atomic E-state index is -1.27. The number of nitrogens with one attached hydrogen (secondary N) is 9. The highest BCUT2D eigenvalue weighted by Gasteiger charge is 2.34. The van der Waals surface area contributed by atoms with E-state index in [4.69, 9.17) is 22.3 Å².